The minimum Gasteiger partial charge on any atom is -0.303 e. The van der Waals surface area contributed by atoms with E-state index < -0.39 is 5.91 Å². The second kappa shape index (κ2) is 7.14. The van der Waals surface area contributed by atoms with E-state index in [9.17, 15) is 4.79 Å². The Morgan fingerprint density at radius 1 is 1.25 bits per heavy atom. The van der Waals surface area contributed by atoms with E-state index in [2.05, 4.69) is 36.5 Å². The molecule has 0 saturated carbocycles. The zero-order valence-electron chi connectivity index (χ0n) is 11.9. The predicted molar refractivity (Wildman–Crippen MR) is 97.0 cm³/mol. The highest BCUT2D eigenvalue weighted by Gasteiger charge is 2.16. The van der Waals surface area contributed by atoms with Crippen molar-refractivity contribution in [2.24, 2.45) is 0 Å². The summed E-state index contributed by atoms with van der Waals surface area (Å²) in [5.74, 6) is -0.0660. The van der Waals surface area contributed by atoms with Gasteiger partial charge in [-0.2, -0.15) is 10.2 Å². The zero-order valence-corrected chi connectivity index (χ0v) is 15.7. The second-order valence-corrected chi connectivity index (χ2v) is 6.89. The van der Waals surface area contributed by atoms with E-state index >= 15 is 0 Å². The monoisotopic (exact) mass is 447 g/mol. The number of amides is 1. The highest BCUT2D eigenvalue weighted by molar-refractivity contribution is 9.10. The molecule has 1 aromatic carbocycles. The van der Waals surface area contributed by atoms with Crippen LogP contribution in [0.5, 0.6) is 0 Å². The first-order chi connectivity index (χ1) is 11.4. The highest BCUT2D eigenvalue weighted by atomic mass is 79.9. The molecule has 2 aromatic heterocycles. The molecule has 0 aliphatic rings. The first kappa shape index (κ1) is 17.3. The average Bonchev–Trinajstić information content (AvgIpc) is 3.09. The summed E-state index contributed by atoms with van der Waals surface area (Å²) in [6, 6.07) is 5.34. The highest BCUT2D eigenvalue weighted by Crippen LogP contribution is 2.25. The van der Waals surface area contributed by atoms with Crippen LogP contribution in [-0.2, 0) is 6.54 Å². The third kappa shape index (κ3) is 3.75. The van der Waals surface area contributed by atoms with Crippen LogP contribution in [0.25, 0.3) is 0 Å². The van der Waals surface area contributed by atoms with Crippen LogP contribution in [0.2, 0.25) is 15.1 Å². The van der Waals surface area contributed by atoms with Gasteiger partial charge in [0.15, 0.2) is 5.82 Å². The van der Waals surface area contributed by atoms with Crippen LogP contribution in [0.4, 0.5) is 5.82 Å². The predicted octanol–water partition coefficient (Wildman–Crippen LogP) is 4.63. The number of benzene rings is 1. The molecular weight excluding hydrogens is 440 g/mol. The Bertz CT molecular complexity index is 908. The molecule has 3 aromatic rings. The molecule has 0 saturated heterocycles. The van der Waals surface area contributed by atoms with Crippen LogP contribution in [0.1, 0.15) is 16.1 Å². The Hall–Kier alpha value is -1.54. The first-order valence-electron chi connectivity index (χ1n) is 6.61. The summed E-state index contributed by atoms with van der Waals surface area (Å²) < 4.78 is 2.29. The Labute approximate surface area is 160 Å². The van der Waals surface area contributed by atoms with Gasteiger partial charge in [-0.15, -0.1) is 0 Å². The minimum atomic E-state index is -0.432. The number of halogens is 4. The maximum atomic E-state index is 12.1. The molecule has 6 nitrogen and oxygen atoms in total. The fraction of sp³-hybridized carbons (Fsp3) is 0.0714. The van der Waals surface area contributed by atoms with E-state index in [-0.39, 0.29) is 10.7 Å². The lowest BCUT2D eigenvalue weighted by Gasteiger charge is -2.04. The molecule has 0 aliphatic carbocycles. The summed E-state index contributed by atoms with van der Waals surface area (Å²) in [4.78, 5) is 12.1. The van der Waals surface area contributed by atoms with Gasteiger partial charge >= 0.3 is 0 Å². The van der Waals surface area contributed by atoms with E-state index in [1.807, 2.05) is 6.07 Å². The number of anilines is 1. The molecule has 0 atom stereocenters. The summed E-state index contributed by atoms with van der Waals surface area (Å²) in [6.45, 7) is 0.468. The van der Waals surface area contributed by atoms with Crippen LogP contribution in [0.3, 0.4) is 0 Å². The molecule has 1 amide bonds. The van der Waals surface area contributed by atoms with Crippen molar-refractivity contribution in [3.8, 4) is 0 Å². The SMILES string of the molecule is O=C(Nc1nn(Cc2ccc(Cl)c(Cl)c2)cc1Br)c1[nH]ncc1Cl. The third-order valence-corrected chi connectivity index (χ3v) is 4.70. The molecule has 24 heavy (non-hydrogen) atoms. The van der Waals surface area contributed by atoms with Crippen molar-refractivity contribution in [1.82, 2.24) is 20.0 Å². The smallest absolute Gasteiger partial charge is 0.276 e. The van der Waals surface area contributed by atoms with Gasteiger partial charge in [-0.05, 0) is 33.6 Å². The molecule has 2 heterocycles. The number of carbonyl (C=O) groups is 1. The van der Waals surface area contributed by atoms with Gasteiger partial charge in [-0.3, -0.25) is 14.6 Å². The number of nitrogens with zero attached hydrogens (tertiary/aromatic N) is 3. The normalized spacial score (nSPS) is 10.8. The number of H-pyrrole nitrogens is 1. The Morgan fingerprint density at radius 2 is 2.04 bits per heavy atom. The largest absolute Gasteiger partial charge is 0.303 e. The molecule has 3 rings (SSSR count). The van der Waals surface area contributed by atoms with Crippen LogP contribution in [0, 0.1) is 0 Å². The maximum Gasteiger partial charge on any atom is 0.276 e. The van der Waals surface area contributed by atoms with Gasteiger partial charge in [0.2, 0.25) is 0 Å². The summed E-state index contributed by atoms with van der Waals surface area (Å²) in [5, 5.41) is 14.4. The molecule has 0 radical (unpaired) electrons. The topological polar surface area (TPSA) is 75.6 Å². The van der Waals surface area contributed by atoms with Crippen LogP contribution in [-0.4, -0.2) is 25.9 Å². The van der Waals surface area contributed by atoms with E-state index in [1.54, 1.807) is 23.0 Å². The third-order valence-electron chi connectivity index (χ3n) is 3.10. The first-order valence-corrected chi connectivity index (χ1v) is 8.54. The maximum absolute atomic E-state index is 12.1. The molecule has 0 bridgehead atoms. The number of carbonyl (C=O) groups excluding carboxylic acids is 1. The van der Waals surface area contributed by atoms with Crippen molar-refractivity contribution in [1.29, 1.82) is 0 Å². The van der Waals surface area contributed by atoms with Gasteiger partial charge in [-0.25, -0.2) is 0 Å². The summed E-state index contributed by atoms with van der Waals surface area (Å²) >= 11 is 21.1. The molecule has 0 unspecified atom stereocenters. The fourth-order valence-electron chi connectivity index (χ4n) is 1.99. The average molecular weight is 450 g/mol. The summed E-state index contributed by atoms with van der Waals surface area (Å²) in [5.41, 5.74) is 1.09. The standard InChI is InChI=1S/C14H9BrCl3N5O/c15-8-6-23(5-7-1-2-9(16)10(17)3-7)22-13(8)20-14(24)12-11(18)4-19-21-12/h1-4,6H,5H2,(H,19,21)(H,20,22,24). The second-order valence-electron chi connectivity index (χ2n) is 4.82. The molecule has 2 N–H and O–H groups in total. The van der Waals surface area contributed by atoms with Gasteiger partial charge in [0.1, 0.15) is 5.69 Å². The van der Waals surface area contributed by atoms with Crippen molar-refractivity contribution < 1.29 is 4.79 Å². The van der Waals surface area contributed by atoms with Crippen molar-refractivity contribution in [3.63, 3.8) is 0 Å². The van der Waals surface area contributed by atoms with Crippen molar-refractivity contribution in [2.75, 3.05) is 5.32 Å². The molecule has 0 fully saturated rings. The Kier molecular flexibility index (Phi) is 5.15. The van der Waals surface area contributed by atoms with Gasteiger partial charge in [-0.1, -0.05) is 40.9 Å². The molecule has 0 spiro atoms. The van der Waals surface area contributed by atoms with Gasteiger partial charge in [0.05, 0.1) is 32.3 Å². The molecular formula is C14H9BrCl3N5O. The van der Waals surface area contributed by atoms with Crippen molar-refractivity contribution in [2.45, 2.75) is 6.54 Å². The van der Waals surface area contributed by atoms with Gasteiger partial charge in [0, 0.05) is 6.20 Å². The number of aromatic nitrogens is 4. The van der Waals surface area contributed by atoms with Crippen molar-refractivity contribution in [3.05, 3.63) is 61.4 Å². The quantitative estimate of drug-likeness (QED) is 0.610. The summed E-state index contributed by atoms with van der Waals surface area (Å²) in [6.07, 6.45) is 3.10. The number of hydrogen-bond acceptors (Lipinski definition) is 3. The van der Waals surface area contributed by atoms with Crippen molar-refractivity contribution >= 4 is 62.5 Å². The Morgan fingerprint density at radius 3 is 2.71 bits per heavy atom. The van der Waals surface area contributed by atoms with Crippen LogP contribution >= 0.6 is 50.7 Å². The number of aromatic amines is 1. The lowest BCUT2D eigenvalue weighted by atomic mass is 10.2. The van der Waals surface area contributed by atoms with Gasteiger partial charge in [0.25, 0.3) is 5.91 Å². The van der Waals surface area contributed by atoms with E-state index in [1.165, 1.54) is 6.20 Å². The minimum absolute atomic E-state index is 0.169. The number of rotatable bonds is 4. The number of hydrogen-bond donors (Lipinski definition) is 2. The zero-order chi connectivity index (χ0) is 17.3. The lowest BCUT2D eigenvalue weighted by molar-refractivity contribution is 0.102. The van der Waals surface area contributed by atoms with E-state index in [0.717, 1.165) is 5.56 Å². The van der Waals surface area contributed by atoms with Crippen LogP contribution in [0.15, 0.2) is 35.1 Å². The van der Waals surface area contributed by atoms with E-state index in [4.69, 9.17) is 34.8 Å². The molecule has 124 valence electrons. The molecule has 0 aliphatic heterocycles. The lowest BCUT2D eigenvalue weighted by Crippen LogP contribution is -2.14. The Balaban J connectivity index is 1.76. The number of nitrogens with one attached hydrogen (secondary N) is 2. The fourth-order valence-corrected chi connectivity index (χ4v) is 2.90. The van der Waals surface area contributed by atoms with E-state index in [0.29, 0.717) is 26.9 Å². The van der Waals surface area contributed by atoms with Gasteiger partial charge < -0.3 is 5.32 Å². The van der Waals surface area contributed by atoms with Crippen LogP contribution < -0.4 is 5.32 Å². The summed E-state index contributed by atoms with van der Waals surface area (Å²) in [7, 11) is 0. The molecule has 10 heteroatoms.